The summed E-state index contributed by atoms with van der Waals surface area (Å²) < 4.78 is -0.0166. The Hall–Kier alpha value is -3.16. The Kier molecular flexibility index (Phi) is 5.42. The zero-order valence-corrected chi connectivity index (χ0v) is 20.7. The summed E-state index contributed by atoms with van der Waals surface area (Å²) in [5.74, 6) is 8.76. The standard InChI is InChI=1S/C28H28ClN6/c1-34(2)17-18-14-21(15-18)26-24-16-31-12-13-35(24,30)28(33-26)22-10-8-20-9-11-23(32-27(20)25(22)29)19-6-4-3-5-7-19/h3-13,16,18,21H,14-15,17,30H2,1-2H3/q+1. The molecule has 2 aliphatic heterocycles. The van der Waals surface area contributed by atoms with E-state index in [0.717, 1.165) is 58.5 Å². The number of rotatable bonds is 5. The molecule has 1 unspecified atom stereocenters. The average Bonchev–Trinajstić information content (AvgIpc) is 3.14. The zero-order chi connectivity index (χ0) is 24.2. The van der Waals surface area contributed by atoms with E-state index in [1.165, 1.54) is 0 Å². The molecular formula is C28H28ClN6+. The molecule has 176 valence electrons. The van der Waals surface area contributed by atoms with Crippen LogP contribution in [0.3, 0.4) is 0 Å². The van der Waals surface area contributed by atoms with Gasteiger partial charge < -0.3 is 4.90 Å². The van der Waals surface area contributed by atoms with Crippen LogP contribution in [0.5, 0.6) is 0 Å². The van der Waals surface area contributed by atoms with Crippen molar-refractivity contribution in [2.24, 2.45) is 27.7 Å². The van der Waals surface area contributed by atoms with Gasteiger partial charge in [0.05, 0.1) is 34.2 Å². The van der Waals surface area contributed by atoms with Gasteiger partial charge in [-0.3, -0.25) is 4.99 Å². The molecule has 3 aromatic rings. The number of aromatic nitrogens is 1. The minimum Gasteiger partial charge on any atom is -0.309 e. The fourth-order valence-corrected chi connectivity index (χ4v) is 5.71. The van der Waals surface area contributed by atoms with Crippen molar-refractivity contribution in [3.63, 3.8) is 0 Å². The molecule has 2 N–H and O–H groups in total. The van der Waals surface area contributed by atoms with Gasteiger partial charge in [-0.25, -0.2) is 4.98 Å². The van der Waals surface area contributed by atoms with E-state index in [2.05, 4.69) is 42.2 Å². The van der Waals surface area contributed by atoms with Crippen LogP contribution in [-0.2, 0) is 0 Å². The fourth-order valence-electron chi connectivity index (χ4n) is 5.41. The van der Waals surface area contributed by atoms with E-state index < -0.39 is 0 Å². The number of hydrogen-bond donors (Lipinski definition) is 1. The number of nitrogens with zero attached hydrogens (tertiary/aromatic N) is 5. The van der Waals surface area contributed by atoms with Crippen molar-refractivity contribution in [2.75, 3.05) is 20.6 Å². The van der Waals surface area contributed by atoms with Crippen molar-refractivity contribution in [3.05, 3.63) is 89.0 Å². The number of nitrogens with two attached hydrogens (primary N) is 1. The molecule has 1 fully saturated rings. The Morgan fingerprint density at radius 3 is 2.60 bits per heavy atom. The molecule has 1 aromatic heterocycles. The van der Waals surface area contributed by atoms with Crippen LogP contribution in [-0.4, -0.2) is 47.2 Å². The maximum Gasteiger partial charge on any atom is 0.266 e. The van der Waals surface area contributed by atoms with Gasteiger partial charge in [0.15, 0.2) is 0 Å². The normalized spacial score (nSPS) is 25.2. The number of amidine groups is 1. The highest BCUT2D eigenvalue weighted by Crippen LogP contribution is 2.45. The lowest BCUT2D eigenvalue weighted by molar-refractivity contribution is -0.750. The third-order valence-corrected chi connectivity index (χ3v) is 7.56. The zero-order valence-electron chi connectivity index (χ0n) is 19.9. The summed E-state index contributed by atoms with van der Waals surface area (Å²) >= 11 is 7.04. The van der Waals surface area contributed by atoms with E-state index in [4.69, 9.17) is 27.4 Å². The van der Waals surface area contributed by atoms with Gasteiger partial charge >= 0.3 is 0 Å². The first kappa shape index (κ1) is 22.3. The van der Waals surface area contributed by atoms with E-state index in [1.807, 2.05) is 48.8 Å². The highest BCUT2D eigenvalue weighted by atomic mass is 35.5. The van der Waals surface area contributed by atoms with E-state index >= 15 is 0 Å². The van der Waals surface area contributed by atoms with Crippen LogP contribution in [0, 0.1) is 11.8 Å². The summed E-state index contributed by atoms with van der Waals surface area (Å²) in [6.07, 6.45) is 7.69. The molecule has 6 nitrogen and oxygen atoms in total. The number of pyridine rings is 1. The lowest BCUT2D eigenvalue weighted by Crippen LogP contribution is -2.53. The quantitative estimate of drug-likeness (QED) is 0.392. The highest BCUT2D eigenvalue weighted by molar-refractivity contribution is 6.38. The molecule has 7 heteroatoms. The molecule has 2 aromatic carbocycles. The van der Waals surface area contributed by atoms with Gasteiger partial charge in [-0.1, -0.05) is 54.1 Å². The van der Waals surface area contributed by atoms with Crippen LogP contribution in [0.1, 0.15) is 18.4 Å². The fraction of sp³-hybridized carbons (Fsp3) is 0.250. The van der Waals surface area contributed by atoms with Crippen LogP contribution < -0.4 is 5.84 Å². The number of allylic oxidation sites excluding steroid dienone is 2. The predicted molar refractivity (Wildman–Crippen MR) is 143 cm³/mol. The van der Waals surface area contributed by atoms with Crippen molar-refractivity contribution >= 4 is 34.6 Å². The lowest BCUT2D eigenvalue weighted by Gasteiger charge is -2.36. The summed E-state index contributed by atoms with van der Waals surface area (Å²) in [6.45, 7) is 1.10. The third-order valence-electron chi connectivity index (χ3n) is 7.18. The Morgan fingerprint density at radius 1 is 1.06 bits per heavy atom. The Labute approximate surface area is 210 Å². The maximum absolute atomic E-state index is 7.04. The molecule has 0 radical (unpaired) electrons. The van der Waals surface area contributed by atoms with Crippen LogP contribution in [0.15, 0.2) is 88.4 Å². The van der Waals surface area contributed by atoms with Crippen LogP contribution >= 0.6 is 11.6 Å². The summed E-state index contributed by atoms with van der Waals surface area (Å²) in [5.41, 5.74) is 5.45. The molecular weight excluding hydrogens is 456 g/mol. The van der Waals surface area contributed by atoms with Gasteiger partial charge in [-0.15, -0.1) is 4.59 Å². The van der Waals surface area contributed by atoms with Gasteiger partial charge in [0, 0.05) is 23.4 Å². The molecule has 1 saturated carbocycles. The highest BCUT2D eigenvalue weighted by Gasteiger charge is 2.48. The van der Waals surface area contributed by atoms with Crippen LogP contribution in [0.25, 0.3) is 22.2 Å². The smallest absolute Gasteiger partial charge is 0.266 e. The summed E-state index contributed by atoms with van der Waals surface area (Å²) in [5, 5.41) is 1.55. The second-order valence-electron chi connectivity index (χ2n) is 9.92. The predicted octanol–water partition coefficient (Wildman–Crippen LogP) is 5.36. The maximum atomic E-state index is 7.04. The second kappa shape index (κ2) is 8.50. The first-order valence-electron chi connectivity index (χ1n) is 12.0. The van der Waals surface area contributed by atoms with E-state index in [0.29, 0.717) is 22.7 Å². The first-order chi connectivity index (χ1) is 16.9. The van der Waals surface area contributed by atoms with Gasteiger partial charge in [0.1, 0.15) is 11.9 Å². The van der Waals surface area contributed by atoms with Crippen molar-refractivity contribution in [1.29, 1.82) is 0 Å². The first-order valence-corrected chi connectivity index (χ1v) is 12.3. The molecule has 0 spiro atoms. The molecule has 3 aliphatic rings. The monoisotopic (exact) mass is 483 g/mol. The Bertz CT molecular complexity index is 1430. The summed E-state index contributed by atoms with van der Waals surface area (Å²) in [7, 11) is 4.25. The number of hydrogen-bond acceptors (Lipinski definition) is 5. The molecule has 6 rings (SSSR count). The molecule has 1 atom stereocenters. The number of aliphatic imine (C=N–C) groups is 2. The van der Waals surface area contributed by atoms with Gasteiger partial charge in [-0.05, 0) is 45.0 Å². The Morgan fingerprint density at radius 2 is 1.83 bits per heavy atom. The van der Waals surface area contributed by atoms with Gasteiger partial charge in [0.25, 0.3) is 5.84 Å². The topological polar surface area (TPSA) is 66.9 Å². The largest absolute Gasteiger partial charge is 0.309 e. The van der Waals surface area contributed by atoms with Crippen molar-refractivity contribution in [2.45, 2.75) is 12.8 Å². The third kappa shape index (κ3) is 3.74. The summed E-state index contributed by atoms with van der Waals surface area (Å²) in [4.78, 5) is 16.7. The van der Waals surface area contributed by atoms with Crippen LogP contribution in [0.4, 0.5) is 0 Å². The number of halogens is 1. The van der Waals surface area contributed by atoms with Crippen molar-refractivity contribution < 1.29 is 4.59 Å². The SMILES string of the molecule is CN(C)CC1CC(C2=C3C=NC=C[N+]3(N)C(c3ccc4ccc(-c5ccccc5)nc4c3Cl)=N2)C1. The minimum absolute atomic E-state index is 0.0166. The Balaban J connectivity index is 1.41. The minimum atomic E-state index is -0.0166. The van der Waals surface area contributed by atoms with Crippen LogP contribution in [0.2, 0.25) is 5.02 Å². The second-order valence-corrected chi connectivity index (χ2v) is 10.3. The molecule has 1 aliphatic carbocycles. The van der Waals surface area contributed by atoms with Crippen molar-refractivity contribution in [3.8, 4) is 11.3 Å². The van der Waals surface area contributed by atoms with E-state index in [1.54, 1.807) is 6.20 Å². The molecule has 3 heterocycles. The molecule has 0 amide bonds. The number of fused-ring (bicyclic) bond motifs is 2. The lowest BCUT2D eigenvalue weighted by atomic mass is 9.72. The average molecular weight is 484 g/mol. The van der Waals surface area contributed by atoms with E-state index in [9.17, 15) is 0 Å². The molecule has 0 saturated heterocycles. The number of benzene rings is 2. The molecule has 35 heavy (non-hydrogen) atoms. The van der Waals surface area contributed by atoms with Gasteiger partial charge in [0.2, 0.25) is 5.70 Å². The summed E-state index contributed by atoms with van der Waals surface area (Å²) in [6, 6.07) is 18.3. The number of quaternary nitrogens is 1. The van der Waals surface area contributed by atoms with E-state index in [-0.39, 0.29) is 4.59 Å². The molecule has 0 bridgehead atoms. The van der Waals surface area contributed by atoms with Crippen molar-refractivity contribution in [1.82, 2.24) is 9.88 Å². The van der Waals surface area contributed by atoms with Gasteiger partial charge in [-0.2, -0.15) is 10.8 Å².